The predicted molar refractivity (Wildman–Crippen MR) is 151 cm³/mol. The number of amides is 1. The Morgan fingerprint density at radius 3 is 2.38 bits per heavy atom. The molecule has 0 radical (unpaired) electrons. The fraction of sp³-hybridized carbons (Fsp3) is 0.276. The molecule has 0 aliphatic carbocycles. The van der Waals surface area contributed by atoms with Crippen LogP contribution in [0.3, 0.4) is 0 Å². The maximum Gasteiger partial charge on any atom is 0.341 e. The molecular weight excluding hydrogens is 516 g/mol. The Bertz CT molecular complexity index is 1370. The van der Waals surface area contributed by atoms with Crippen LogP contribution in [0.5, 0.6) is 11.5 Å². The van der Waals surface area contributed by atoms with Gasteiger partial charge in [-0.2, -0.15) is 0 Å². The molecule has 0 bridgehead atoms. The number of amidine groups is 1. The van der Waals surface area contributed by atoms with Gasteiger partial charge in [-0.15, -0.1) is 0 Å². The number of nitrogens with one attached hydrogen (secondary N) is 3. The van der Waals surface area contributed by atoms with Gasteiger partial charge in [0.15, 0.2) is 18.1 Å². The number of aliphatic hydroxyl groups excluding tert-OH is 2. The van der Waals surface area contributed by atoms with E-state index in [1.165, 1.54) is 6.07 Å². The normalized spacial score (nSPS) is 11.6. The van der Waals surface area contributed by atoms with Crippen LogP contribution in [0, 0.1) is 12.3 Å². The lowest BCUT2D eigenvalue weighted by atomic mass is 10.0. The van der Waals surface area contributed by atoms with Crippen LogP contribution in [-0.4, -0.2) is 52.3 Å². The summed E-state index contributed by atoms with van der Waals surface area (Å²) in [6.45, 7) is 4.36. The second kappa shape index (κ2) is 13.5. The largest absolute Gasteiger partial charge is 0.487 e. The van der Waals surface area contributed by atoms with Gasteiger partial charge in [-0.05, 0) is 74.9 Å². The number of aliphatic hydroxyl groups is 2. The van der Waals surface area contributed by atoms with Crippen molar-refractivity contribution in [3.05, 3.63) is 82.4 Å². The highest BCUT2D eigenvalue weighted by atomic mass is 16.5. The minimum absolute atomic E-state index is 0.0754. The van der Waals surface area contributed by atoms with E-state index in [0.717, 1.165) is 5.56 Å². The van der Waals surface area contributed by atoms with Crippen LogP contribution in [0.2, 0.25) is 0 Å². The van der Waals surface area contributed by atoms with E-state index in [1.54, 1.807) is 56.3 Å². The third-order valence-electron chi connectivity index (χ3n) is 5.76. The van der Waals surface area contributed by atoms with Crippen LogP contribution in [-0.2, 0) is 11.3 Å². The summed E-state index contributed by atoms with van der Waals surface area (Å²) < 4.78 is 11.4. The van der Waals surface area contributed by atoms with E-state index in [1.807, 2.05) is 13.0 Å². The SMILES string of the molecule is Cc1ccc(NCc2cc([C@H](O)CO)cc(OC(C)C)c2OCC(=O)O)c(C(=O)Nc2ccc(C(=N)N)cc2)c1. The van der Waals surface area contributed by atoms with Crippen LogP contribution in [0.4, 0.5) is 11.4 Å². The van der Waals surface area contributed by atoms with Gasteiger partial charge in [0.2, 0.25) is 0 Å². The number of rotatable bonds is 13. The number of anilines is 2. The summed E-state index contributed by atoms with van der Waals surface area (Å²) in [5, 5.41) is 42.6. The topological polar surface area (TPSA) is 187 Å². The lowest BCUT2D eigenvalue weighted by Crippen LogP contribution is -2.17. The minimum atomic E-state index is -1.20. The van der Waals surface area contributed by atoms with Gasteiger partial charge in [0, 0.05) is 29.0 Å². The molecule has 0 saturated carbocycles. The Hall–Kier alpha value is -4.61. The smallest absolute Gasteiger partial charge is 0.341 e. The van der Waals surface area contributed by atoms with E-state index in [2.05, 4.69) is 10.6 Å². The van der Waals surface area contributed by atoms with E-state index >= 15 is 0 Å². The first-order valence-electron chi connectivity index (χ1n) is 12.6. The molecule has 1 amide bonds. The maximum absolute atomic E-state index is 13.2. The molecule has 3 aromatic rings. The van der Waals surface area contributed by atoms with Gasteiger partial charge in [0.05, 0.1) is 18.3 Å². The monoisotopic (exact) mass is 550 g/mol. The van der Waals surface area contributed by atoms with Crippen molar-refractivity contribution in [3.63, 3.8) is 0 Å². The van der Waals surface area contributed by atoms with E-state index in [9.17, 15) is 24.9 Å². The number of carboxylic acid groups (broad SMARTS) is 1. The highest BCUT2D eigenvalue weighted by Crippen LogP contribution is 2.36. The first kappa shape index (κ1) is 29.9. The van der Waals surface area contributed by atoms with Crippen molar-refractivity contribution < 1.29 is 34.4 Å². The number of hydrogen-bond donors (Lipinski definition) is 7. The molecule has 0 spiro atoms. The van der Waals surface area contributed by atoms with E-state index in [-0.39, 0.29) is 35.9 Å². The van der Waals surface area contributed by atoms with Crippen molar-refractivity contribution in [1.29, 1.82) is 5.41 Å². The molecule has 11 heteroatoms. The van der Waals surface area contributed by atoms with Crippen LogP contribution in [0.1, 0.15) is 52.6 Å². The predicted octanol–water partition coefficient (Wildman–Crippen LogP) is 3.42. The Balaban J connectivity index is 1.94. The quantitative estimate of drug-likeness (QED) is 0.124. The number of aryl methyl sites for hydroxylation is 1. The molecule has 3 aromatic carbocycles. The van der Waals surface area contributed by atoms with Crippen molar-refractivity contribution >= 4 is 29.1 Å². The summed E-state index contributed by atoms with van der Waals surface area (Å²) in [5.41, 5.74) is 9.07. The van der Waals surface area contributed by atoms with Gasteiger partial charge < -0.3 is 41.2 Å². The highest BCUT2D eigenvalue weighted by molar-refractivity contribution is 6.08. The van der Waals surface area contributed by atoms with Gasteiger partial charge in [-0.1, -0.05) is 11.6 Å². The zero-order valence-electron chi connectivity index (χ0n) is 22.5. The Morgan fingerprint density at radius 1 is 1.07 bits per heavy atom. The van der Waals surface area contributed by atoms with Crippen molar-refractivity contribution in [2.75, 3.05) is 23.8 Å². The van der Waals surface area contributed by atoms with Gasteiger partial charge in [0.25, 0.3) is 5.91 Å². The Morgan fingerprint density at radius 2 is 1.77 bits per heavy atom. The average Bonchev–Trinajstić information content (AvgIpc) is 2.90. The van der Waals surface area contributed by atoms with E-state index in [0.29, 0.717) is 33.6 Å². The number of nitrogens with two attached hydrogens (primary N) is 1. The number of carbonyl (C=O) groups is 2. The minimum Gasteiger partial charge on any atom is -0.487 e. The second-order valence-electron chi connectivity index (χ2n) is 9.40. The number of benzene rings is 3. The van der Waals surface area contributed by atoms with Crippen LogP contribution in [0.15, 0.2) is 54.6 Å². The standard InChI is InChI=1S/C29H34N4O7/c1-16(2)40-25-12-19(24(35)14-34)11-20(27(25)39-15-26(36)37)13-32-23-9-4-17(3)10-22(23)29(38)33-21-7-5-18(6-8-21)28(30)31/h4-12,16,24,32,34-35H,13-15H2,1-3H3,(H3,30,31)(H,33,38)(H,36,37)/t24-/m1/s1. The van der Waals surface area contributed by atoms with Crippen LogP contribution >= 0.6 is 0 Å². The van der Waals surface area contributed by atoms with Gasteiger partial charge in [-0.25, -0.2) is 4.79 Å². The second-order valence-corrected chi connectivity index (χ2v) is 9.40. The molecule has 1 atom stereocenters. The molecule has 0 aromatic heterocycles. The highest BCUT2D eigenvalue weighted by Gasteiger charge is 2.20. The molecule has 40 heavy (non-hydrogen) atoms. The molecule has 3 rings (SSSR count). The number of ether oxygens (including phenoxy) is 2. The molecule has 11 nitrogen and oxygen atoms in total. The molecular formula is C29H34N4O7. The Kier molecular flexibility index (Phi) is 10.1. The molecule has 212 valence electrons. The maximum atomic E-state index is 13.2. The van der Waals surface area contributed by atoms with Crippen LogP contribution in [0.25, 0.3) is 0 Å². The summed E-state index contributed by atoms with van der Waals surface area (Å²) in [6.07, 6.45) is -1.48. The van der Waals surface area contributed by atoms with E-state index < -0.39 is 25.3 Å². The first-order valence-corrected chi connectivity index (χ1v) is 12.6. The number of hydrogen-bond acceptors (Lipinski definition) is 8. The summed E-state index contributed by atoms with van der Waals surface area (Å²) in [4.78, 5) is 24.5. The number of aliphatic carboxylic acids is 1. The number of carboxylic acids is 1. The van der Waals surface area contributed by atoms with Crippen molar-refractivity contribution in [2.45, 2.75) is 39.5 Å². The van der Waals surface area contributed by atoms with Gasteiger partial charge in [-0.3, -0.25) is 10.2 Å². The van der Waals surface area contributed by atoms with Crippen LogP contribution < -0.4 is 25.8 Å². The summed E-state index contributed by atoms with van der Waals surface area (Å²) >= 11 is 0. The molecule has 0 heterocycles. The molecule has 0 saturated heterocycles. The third-order valence-corrected chi connectivity index (χ3v) is 5.76. The summed E-state index contributed by atoms with van der Waals surface area (Å²) in [7, 11) is 0. The fourth-order valence-corrected chi connectivity index (χ4v) is 3.87. The Labute approximate surface area is 232 Å². The molecule has 0 aliphatic rings. The average molecular weight is 551 g/mol. The lowest BCUT2D eigenvalue weighted by Gasteiger charge is -2.21. The zero-order valence-corrected chi connectivity index (χ0v) is 22.5. The molecule has 0 aliphatic heterocycles. The molecule has 0 fully saturated rings. The van der Waals surface area contributed by atoms with Crippen molar-refractivity contribution in [2.24, 2.45) is 5.73 Å². The summed E-state index contributed by atoms with van der Waals surface area (Å²) in [6, 6.07) is 15.0. The molecule has 0 unspecified atom stereocenters. The number of nitrogen functional groups attached to an aromatic ring is 1. The van der Waals surface area contributed by atoms with Gasteiger partial charge in [0.1, 0.15) is 11.9 Å². The first-order chi connectivity index (χ1) is 19.0. The van der Waals surface area contributed by atoms with Crippen molar-refractivity contribution in [3.8, 4) is 11.5 Å². The third kappa shape index (κ3) is 7.95. The summed E-state index contributed by atoms with van der Waals surface area (Å²) in [5.74, 6) is -1.25. The lowest BCUT2D eigenvalue weighted by molar-refractivity contribution is -0.139. The molecule has 8 N–H and O–H groups in total. The number of carbonyl (C=O) groups excluding carboxylic acids is 1. The fourth-order valence-electron chi connectivity index (χ4n) is 3.87. The van der Waals surface area contributed by atoms with Gasteiger partial charge >= 0.3 is 5.97 Å². The van der Waals surface area contributed by atoms with Crippen molar-refractivity contribution in [1.82, 2.24) is 0 Å². The van der Waals surface area contributed by atoms with E-state index in [4.69, 9.17) is 20.6 Å². The zero-order chi connectivity index (χ0) is 29.4.